The number of rotatable bonds is 3. The number of benzene rings is 1. The lowest BCUT2D eigenvalue weighted by Crippen LogP contribution is -2.23. The molecule has 110 valence electrons. The molecule has 0 aliphatic carbocycles. The summed E-state index contributed by atoms with van der Waals surface area (Å²) < 4.78 is 1.36. The molecular weight excluding hydrogens is 333 g/mol. The van der Waals surface area contributed by atoms with E-state index >= 15 is 0 Å². The number of hydrogen-bond acceptors (Lipinski definition) is 3. The van der Waals surface area contributed by atoms with Gasteiger partial charge in [-0.1, -0.05) is 23.2 Å². The molecule has 0 aliphatic rings. The van der Waals surface area contributed by atoms with Crippen molar-refractivity contribution in [1.82, 2.24) is 9.78 Å². The lowest BCUT2D eigenvalue weighted by atomic mass is 10.3. The van der Waals surface area contributed by atoms with Crippen molar-refractivity contribution in [2.24, 2.45) is 12.8 Å². The van der Waals surface area contributed by atoms with E-state index in [2.05, 4.69) is 15.7 Å². The molecule has 4 N–H and O–H groups in total. The Hall–Kier alpha value is -1.83. The molecule has 1 heterocycles. The van der Waals surface area contributed by atoms with Crippen LogP contribution in [0.1, 0.15) is 10.5 Å². The molecule has 0 aliphatic heterocycles. The lowest BCUT2D eigenvalue weighted by Gasteiger charge is -2.11. The van der Waals surface area contributed by atoms with Crippen molar-refractivity contribution in [2.45, 2.75) is 0 Å². The van der Waals surface area contributed by atoms with Gasteiger partial charge in [-0.3, -0.25) is 9.48 Å². The normalized spacial score (nSPS) is 10.2. The Labute approximate surface area is 136 Å². The van der Waals surface area contributed by atoms with Crippen LogP contribution >= 0.6 is 35.4 Å². The Morgan fingerprint density at radius 1 is 1.33 bits per heavy atom. The zero-order chi connectivity index (χ0) is 15.6. The van der Waals surface area contributed by atoms with Crippen LogP contribution in [0.5, 0.6) is 0 Å². The van der Waals surface area contributed by atoms with E-state index in [4.69, 9.17) is 41.2 Å². The Morgan fingerprint density at radius 3 is 2.62 bits per heavy atom. The summed E-state index contributed by atoms with van der Waals surface area (Å²) in [6, 6.07) is 4.96. The second-order valence-corrected chi connectivity index (χ2v) is 5.35. The Morgan fingerprint density at radius 2 is 2.00 bits per heavy atom. The van der Waals surface area contributed by atoms with E-state index in [1.165, 1.54) is 10.9 Å². The Kier molecular flexibility index (Phi) is 4.66. The average Bonchev–Trinajstić information content (AvgIpc) is 2.74. The van der Waals surface area contributed by atoms with Gasteiger partial charge in [-0.15, -0.1) is 0 Å². The van der Waals surface area contributed by atoms with Gasteiger partial charge in [0.1, 0.15) is 5.69 Å². The fourth-order valence-corrected chi connectivity index (χ4v) is 2.36. The molecule has 9 heteroatoms. The van der Waals surface area contributed by atoms with Crippen LogP contribution < -0.4 is 16.4 Å². The molecule has 2 aromatic rings. The monoisotopic (exact) mass is 343 g/mol. The van der Waals surface area contributed by atoms with E-state index in [1.54, 1.807) is 25.2 Å². The number of thiocarbonyl (C=S) groups is 1. The maximum absolute atomic E-state index is 11.4. The third-order valence-corrected chi connectivity index (χ3v) is 3.35. The van der Waals surface area contributed by atoms with Gasteiger partial charge in [0.25, 0.3) is 5.91 Å². The van der Waals surface area contributed by atoms with Crippen LogP contribution in [0.2, 0.25) is 10.0 Å². The van der Waals surface area contributed by atoms with Gasteiger partial charge in [0.2, 0.25) is 0 Å². The number of carbonyl (C=O) groups excluding carboxylic acids is 1. The van der Waals surface area contributed by atoms with Gasteiger partial charge in [0, 0.05) is 12.1 Å². The highest BCUT2D eigenvalue weighted by Crippen LogP contribution is 2.25. The first kappa shape index (κ1) is 15.6. The van der Waals surface area contributed by atoms with Crippen LogP contribution in [0.3, 0.4) is 0 Å². The van der Waals surface area contributed by atoms with Gasteiger partial charge >= 0.3 is 0 Å². The molecule has 0 saturated carbocycles. The minimum absolute atomic E-state index is 0.223. The number of halogens is 2. The zero-order valence-electron chi connectivity index (χ0n) is 10.9. The third-order valence-electron chi connectivity index (χ3n) is 2.60. The number of anilines is 2. The van der Waals surface area contributed by atoms with Gasteiger partial charge < -0.3 is 16.4 Å². The number of aryl methyl sites for hydroxylation is 1. The van der Waals surface area contributed by atoms with Crippen molar-refractivity contribution >= 4 is 57.8 Å². The number of nitrogens with one attached hydrogen (secondary N) is 2. The molecule has 0 fully saturated rings. The maximum atomic E-state index is 11.4. The summed E-state index contributed by atoms with van der Waals surface area (Å²) in [4.78, 5) is 11.4. The molecule has 1 amide bonds. The molecule has 21 heavy (non-hydrogen) atoms. The maximum Gasteiger partial charge on any atom is 0.269 e. The van der Waals surface area contributed by atoms with Gasteiger partial charge in [-0.05, 0) is 30.4 Å². The largest absolute Gasteiger partial charge is 0.364 e. The van der Waals surface area contributed by atoms with Crippen molar-refractivity contribution in [3.8, 4) is 0 Å². The molecule has 2 rings (SSSR count). The molecule has 0 radical (unpaired) electrons. The van der Waals surface area contributed by atoms with Crippen LogP contribution in [0.25, 0.3) is 0 Å². The summed E-state index contributed by atoms with van der Waals surface area (Å²) in [7, 11) is 1.61. The van der Waals surface area contributed by atoms with E-state index in [1.807, 2.05) is 0 Å². The van der Waals surface area contributed by atoms with E-state index in [0.717, 1.165) is 0 Å². The smallest absolute Gasteiger partial charge is 0.269 e. The lowest BCUT2D eigenvalue weighted by molar-refractivity contribution is 0.0992. The number of nitrogens with two attached hydrogens (primary N) is 1. The first-order valence-electron chi connectivity index (χ1n) is 5.73. The summed E-state index contributed by atoms with van der Waals surface area (Å²) in [5, 5.41) is 10.9. The zero-order valence-corrected chi connectivity index (χ0v) is 13.2. The minimum Gasteiger partial charge on any atom is -0.364 e. The predicted molar refractivity (Wildman–Crippen MR) is 88.0 cm³/mol. The first-order chi connectivity index (χ1) is 9.88. The van der Waals surface area contributed by atoms with E-state index in [9.17, 15) is 4.79 Å². The molecule has 6 nitrogen and oxygen atoms in total. The molecule has 1 aromatic carbocycles. The van der Waals surface area contributed by atoms with Crippen molar-refractivity contribution in [3.63, 3.8) is 0 Å². The van der Waals surface area contributed by atoms with Gasteiger partial charge in [0.05, 0.1) is 22.6 Å². The predicted octanol–water partition coefficient (Wildman–Crippen LogP) is 2.63. The van der Waals surface area contributed by atoms with Gasteiger partial charge in [0.15, 0.2) is 5.11 Å². The van der Waals surface area contributed by atoms with Crippen LogP contribution in [-0.4, -0.2) is 20.8 Å². The number of primary amides is 1. The molecule has 0 atom stereocenters. The highest BCUT2D eigenvalue weighted by molar-refractivity contribution is 7.80. The third kappa shape index (κ3) is 3.63. The first-order valence-corrected chi connectivity index (χ1v) is 6.89. The van der Waals surface area contributed by atoms with Gasteiger partial charge in [-0.2, -0.15) is 5.10 Å². The molecule has 0 saturated heterocycles. The fraction of sp³-hybridized carbons (Fsp3) is 0.0833. The summed E-state index contributed by atoms with van der Waals surface area (Å²) in [5.41, 5.74) is 6.51. The second kappa shape index (κ2) is 6.30. The van der Waals surface area contributed by atoms with E-state index in [0.29, 0.717) is 21.4 Å². The van der Waals surface area contributed by atoms with E-state index in [-0.39, 0.29) is 10.8 Å². The fourth-order valence-electron chi connectivity index (χ4n) is 1.69. The second-order valence-electron chi connectivity index (χ2n) is 4.10. The van der Waals surface area contributed by atoms with Crippen molar-refractivity contribution in [1.29, 1.82) is 0 Å². The summed E-state index contributed by atoms with van der Waals surface area (Å²) in [5.74, 6) is -0.607. The van der Waals surface area contributed by atoms with Gasteiger partial charge in [-0.25, -0.2) is 0 Å². The quantitative estimate of drug-likeness (QED) is 0.746. The van der Waals surface area contributed by atoms with Crippen molar-refractivity contribution in [2.75, 3.05) is 10.6 Å². The number of amides is 1. The Bertz CT molecular complexity index is 716. The van der Waals surface area contributed by atoms with Crippen LogP contribution in [0.15, 0.2) is 24.4 Å². The molecule has 1 aromatic heterocycles. The summed E-state index contributed by atoms with van der Waals surface area (Å²) >= 11 is 17.0. The number of carbonyl (C=O) groups is 1. The average molecular weight is 344 g/mol. The molecule has 0 bridgehead atoms. The number of hydrogen-bond donors (Lipinski definition) is 3. The van der Waals surface area contributed by atoms with Crippen LogP contribution in [0.4, 0.5) is 11.4 Å². The standard InChI is InChI=1S/C12H11Cl2N5OS/c1-19-10(11(15)20)9(5-16-19)18-12(21)17-8-3-2-6(13)4-7(8)14/h2-5H,1H3,(H2,15,20)(H2,17,18,21). The number of nitrogens with zero attached hydrogens (tertiary/aromatic N) is 2. The molecular formula is C12H11Cl2N5OS. The summed E-state index contributed by atoms with van der Waals surface area (Å²) in [6.45, 7) is 0. The Balaban J connectivity index is 2.14. The molecule has 0 unspecified atom stereocenters. The van der Waals surface area contributed by atoms with E-state index < -0.39 is 5.91 Å². The number of aromatic nitrogens is 2. The van der Waals surface area contributed by atoms with Crippen LogP contribution in [-0.2, 0) is 7.05 Å². The molecule has 0 spiro atoms. The van der Waals surface area contributed by atoms with Crippen molar-refractivity contribution < 1.29 is 4.79 Å². The highest BCUT2D eigenvalue weighted by Gasteiger charge is 2.15. The topological polar surface area (TPSA) is 85.0 Å². The summed E-state index contributed by atoms with van der Waals surface area (Å²) in [6.07, 6.45) is 1.46. The highest BCUT2D eigenvalue weighted by atomic mass is 35.5. The van der Waals surface area contributed by atoms with Crippen LogP contribution in [0, 0.1) is 0 Å². The minimum atomic E-state index is -0.607. The SMILES string of the molecule is Cn1ncc(NC(=S)Nc2ccc(Cl)cc2Cl)c1C(N)=O. The van der Waals surface area contributed by atoms with Crippen molar-refractivity contribution in [3.05, 3.63) is 40.1 Å².